The van der Waals surface area contributed by atoms with E-state index in [0.29, 0.717) is 10.0 Å². The molecule has 114 valence electrons. The minimum absolute atomic E-state index is 0.530. The van der Waals surface area contributed by atoms with Crippen molar-refractivity contribution in [3.05, 3.63) is 40.1 Å². The summed E-state index contributed by atoms with van der Waals surface area (Å²) in [5, 5.41) is 4.40. The Morgan fingerprint density at radius 2 is 2.10 bits per heavy atom. The summed E-state index contributed by atoms with van der Waals surface area (Å²) in [6.07, 6.45) is 2.89. The average Bonchev–Trinajstić information content (AvgIpc) is 2.83. The molecule has 1 heterocycles. The summed E-state index contributed by atoms with van der Waals surface area (Å²) in [7, 11) is 0. The van der Waals surface area contributed by atoms with E-state index in [1.165, 1.54) is 0 Å². The van der Waals surface area contributed by atoms with Gasteiger partial charge in [0.25, 0.3) is 0 Å². The number of halogens is 2. The highest BCUT2D eigenvalue weighted by Crippen LogP contribution is 2.26. The molecule has 2 aromatic rings. The van der Waals surface area contributed by atoms with Gasteiger partial charge in [-0.1, -0.05) is 23.2 Å². The largest absolute Gasteiger partial charge is 0.382 e. The first-order chi connectivity index (χ1) is 10.1. The predicted octanol–water partition coefficient (Wildman–Crippen LogP) is 4.33. The molecule has 21 heavy (non-hydrogen) atoms. The molecule has 0 amide bonds. The van der Waals surface area contributed by atoms with Crippen LogP contribution in [0.2, 0.25) is 10.0 Å². The molecule has 0 atom stereocenters. The van der Waals surface area contributed by atoms with E-state index in [9.17, 15) is 0 Å². The fraction of sp³-hybridized carbons (Fsp3) is 0.400. The molecule has 2 rings (SSSR count). The summed E-state index contributed by atoms with van der Waals surface area (Å²) in [6, 6.07) is 5.53. The number of nitrogens with zero attached hydrogens (tertiary/aromatic N) is 2. The maximum atomic E-state index is 6.08. The van der Waals surface area contributed by atoms with Crippen LogP contribution < -0.4 is 5.32 Å². The lowest BCUT2D eigenvalue weighted by Gasteiger charge is -2.10. The van der Waals surface area contributed by atoms with Crippen molar-refractivity contribution in [2.75, 3.05) is 25.1 Å². The molecule has 1 N–H and O–H groups in total. The number of imidazole rings is 1. The van der Waals surface area contributed by atoms with E-state index in [2.05, 4.69) is 10.3 Å². The molecule has 0 bridgehead atoms. The van der Waals surface area contributed by atoms with E-state index in [4.69, 9.17) is 27.9 Å². The Bertz CT molecular complexity index is 599. The van der Waals surface area contributed by atoms with Gasteiger partial charge in [-0.3, -0.25) is 4.57 Å². The monoisotopic (exact) mass is 327 g/mol. The molecule has 6 heteroatoms. The molecule has 0 saturated carbocycles. The zero-order valence-electron chi connectivity index (χ0n) is 12.2. The van der Waals surface area contributed by atoms with Crippen molar-refractivity contribution in [3.8, 4) is 5.69 Å². The van der Waals surface area contributed by atoms with Crippen LogP contribution in [0.3, 0.4) is 0 Å². The second kappa shape index (κ2) is 7.69. The number of hydrogen-bond acceptors (Lipinski definition) is 3. The molecule has 0 unspecified atom stereocenters. The van der Waals surface area contributed by atoms with Gasteiger partial charge in [-0.2, -0.15) is 0 Å². The number of benzene rings is 1. The lowest BCUT2D eigenvalue weighted by Crippen LogP contribution is -2.09. The molecule has 0 fully saturated rings. The highest BCUT2D eigenvalue weighted by Gasteiger charge is 2.08. The second-order valence-corrected chi connectivity index (χ2v) is 5.47. The van der Waals surface area contributed by atoms with E-state index < -0.39 is 0 Å². The number of hydrogen-bond donors (Lipinski definition) is 1. The minimum Gasteiger partial charge on any atom is -0.382 e. The molecule has 0 saturated heterocycles. The topological polar surface area (TPSA) is 39.1 Å². The van der Waals surface area contributed by atoms with Crippen LogP contribution in [0.4, 0.5) is 5.95 Å². The quantitative estimate of drug-likeness (QED) is 0.769. The lowest BCUT2D eigenvalue weighted by atomic mass is 10.3. The Kier molecular flexibility index (Phi) is 5.91. The van der Waals surface area contributed by atoms with Crippen LogP contribution in [-0.2, 0) is 4.74 Å². The smallest absolute Gasteiger partial charge is 0.207 e. The Hall–Kier alpha value is -1.23. The van der Waals surface area contributed by atoms with Gasteiger partial charge < -0.3 is 10.1 Å². The van der Waals surface area contributed by atoms with Gasteiger partial charge in [0, 0.05) is 26.0 Å². The van der Waals surface area contributed by atoms with Crippen molar-refractivity contribution < 1.29 is 4.74 Å². The van der Waals surface area contributed by atoms with Gasteiger partial charge in [0.05, 0.1) is 21.4 Å². The first-order valence-corrected chi connectivity index (χ1v) is 7.70. The van der Waals surface area contributed by atoms with E-state index >= 15 is 0 Å². The van der Waals surface area contributed by atoms with Crippen molar-refractivity contribution in [2.24, 2.45) is 0 Å². The van der Waals surface area contributed by atoms with Crippen LogP contribution in [0.1, 0.15) is 19.0 Å². The zero-order chi connectivity index (χ0) is 15.2. The summed E-state index contributed by atoms with van der Waals surface area (Å²) >= 11 is 12.0. The molecule has 0 aliphatic rings. The van der Waals surface area contributed by atoms with Crippen LogP contribution in [0, 0.1) is 6.92 Å². The van der Waals surface area contributed by atoms with E-state index in [-0.39, 0.29) is 0 Å². The molecular formula is C15H19Cl2N3O. The van der Waals surface area contributed by atoms with Crippen LogP contribution >= 0.6 is 23.2 Å². The van der Waals surface area contributed by atoms with Crippen molar-refractivity contribution in [2.45, 2.75) is 20.3 Å². The number of aryl methyl sites for hydroxylation is 1. The van der Waals surface area contributed by atoms with Crippen molar-refractivity contribution in [1.82, 2.24) is 9.55 Å². The van der Waals surface area contributed by atoms with Gasteiger partial charge in [-0.25, -0.2) is 4.98 Å². The first-order valence-electron chi connectivity index (χ1n) is 6.95. The van der Waals surface area contributed by atoms with Gasteiger partial charge >= 0.3 is 0 Å². The third kappa shape index (κ3) is 4.37. The Morgan fingerprint density at radius 3 is 2.81 bits per heavy atom. The summed E-state index contributed by atoms with van der Waals surface area (Å²) in [5.74, 6) is 0.794. The molecular weight excluding hydrogens is 309 g/mol. The summed E-state index contributed by atoms with van der Waals surface area (Å²) in [5.41, 5.74) is 1.87. The number of rotatable bonds is 7. The Morgan fingerprint density at radius 1 is 1.29 bits per heavy atom. The van der Waals surface area contributed by atoms with Crippen molar-refractivity contribution in [3.63, 3.8) is 0 Å². The molecule has 4 nitrogen and oxygen atoms in total. The first kappa shape index (κ1) is 16.1. The third-order valence-electron chi connectivity index (χ3n) is 2.96. The highest BCUT2D eigenvalue weighted by atomic mass is 35.5. The van der Waals surface area contributed by atoms with Crippen molar-refractivity contribution in [1.29, 1.82) is 0 Å². The van der Waals surface area contributed by atoms with Crippen LogP contribution in [-0.4, -0.2) is 29.3 Å². The highest BCUT2D eigenvalue weighted by molar-refractivity contribution is 6.42. The SMILES string of the molecule is CCOCCCNc1nc(C)cn1-c1ccc(Cl)c(Cl)c1. The molecule has 0 radical (unpaired) electrons. The van der Waals surface area contributed by atoms with Gasteiger partial charge in [-0.15, -0.1) is 0 Å². The summed E-state index contributed by atoms with van der Waals surface area (Å²) < 4.78 is 7.29. The minimum atomic E-state index is 0.530. The van der Waals surface area contributed by atoms with E-state index in [0.717, 1.165) is 43.5 Å². The predicted molar refractivity (Wildman–Crippen MR) is 87.9 cm³/mol. The van der Waals surface area contributed by atoms with Crippen LogP contribution in [0.15, 0.2) is 24.4 Å². The number of aromatic nitrogens is 2. The van der Waals surface area contributed by atoms with Crippen molar-refractivity contribution >= 4 is 29.2 Å². The van der Waals surface area contributed by atoms with E-state index in [1.807, 2.05) is 36.7 Å². The molecule has 0 aliphatic heterocycles. The third-order valence-corrected chi connectivity index (χ3v) is 3.70. The molecule has 1 aromatic carbocycles. The number of anilines is 1. The van der Waals surface area contributed by atoms with Gasteiger partial charge in [0.15, 0.2) is 0 Å². The van der Waals surface area contributed by atoms with E-state index in [1.54, 1.807) is 6.07 Å². The maximum Gasteiger partial charge on any atom is 0.207 e. The van der Waals surface area contributed by atoms with Gasteiger partial charge in [0.2, 0.25) is 5.95 Å². The number of ether oxygens (including phenoxy) is 1. The average molecular weight is 328 g/mol. The van der Waals surface area contributed by atoms with Gasteiger partial charge in [0.1, 0.15) is 0 Å². The normalized spacial score (nSPS) is 10.9. The van der Waals surface area contributed by atoms with Gasteiger partial charge in [-0.05, 0) is 38.5 Å². The molecule has 0 spiro atoms. The lowest BCUT2D eigenvalue weighted by molar-refractivity contribution is 0.147. The Labute approximate surface area is 135 Å². The maximum absolute atomic E-state index is 6.08. The second-order valence-electron chi connectivity index (χ2n) is 4.65. The zero-order valence-corrected chi connectivity index (χ0v) is 13.7. The number of nitrogens with one attached hydrogen (secondary N) is 1. The Balaban J connectivity index is 2.10. The fourth-order valence-electron chi connectivity index (χ4n) is 1.97. The fourth-order valence-corrected chi connectivity index (χ4v) is 2.27. The molecule has 1 aromatic heterocycles. The summed E-state index contributed by atoms with van der Waals surface area (Å²) in [6.45, 7) is 6.25. The summed E-state index contributed by atoms with van der Waals surface area (Å²) in [4.78, 5) is 4.49. The molecule has 0 aliphatic carbocycles. The van der Waals surface area contributed by atoms with Crippen LogP contribution in [0.5, 0.6) is 0 Å². The van der Waals surface area contributed by atoms with Crippen LogP contribution in [0.25, 0.3) is 5.69 Å². The standard InChI is InChI=1S/C15H19Cl2N3O/c1-3-21-8-4-7-18-15-19-11(2)10-20(15)12-5-6-13(16)14(17)9-12/h5-6,9-10H,3-4,7-8H2,1-2H3,(H,18,19).